The number of nitrogens with two attached hydrogens (primary N) is 1. The van der Waals surface area contributed by atoms with Gasteiger partial charge in [0.05, 0.1) is 11.4 Å². The molecular weight excluding hydrogens is 569 g/mol. The second-order valence-corrected chi connectivity index (χ2v) is 12.5. The van der Waals surface area contributed by atoms with Crippen molar-refractivity contribution < 1.29 is 0 Å². The molecule has 2 nitrogen and oxygen atoms in total. The summed E-state index contributed by atoms with van der Waals surface area (Å²) >= 11 is 0. The van der Waals surface area contributed by atoms with Crippen LogP contribution < -0.4 is 5.73 Å². The van der Waals surface area contributed by atoms with Crippen molar-refractivity contribution in [1.82, 2.24) is 0 Å². The van der Waals surface area contributed by atoms with Crippen LogP contribution in [0.4, 0.5) is 5.69 Å². The van der Waals surface area contributed by atoms with Gasteiger partial charge in [-0.15, -0.1) is 0 Å². The Balaban J connectivity index is 1.20. The molecule has 0 saturated carbocycles. The zero-order valence-electron chi connectivity index (χ0n) is 25.9. The van der Waals surface area contributed by atoms with E-state index in [0.717, 1.165) is 34.6 Å². The van der Waals surface area contributed by atoms with E-state index in [0.29, 0.717) is 0 Å². The Morgan fingerprint density at radius 1 is 0.511 bits per heavy atom. The van der Waals surface area contributed by atoms with Gasteiger partial charge in [-0.1, -0.05) is 133 Å². The molecule has 2 heteroatoms. The molecule has 2 aliphatic rings. The van der Waals surface area contributed by atoms with Gasteiger partial charge in [0, 0.05) is 17.2 Å². The summed E-state index contributed by atoms with van der Waals surface area (Å²) in [4.78, 5) is 5.29. The van der Waals surface area contributed by atoms with E-state index in [9.17, 15) is 0 Å². The van der Waals surface area contributed by atoms with Gasteiger partial charge in [-0.05, 0) is 103 Å². The lowest BCUT2D eigenvalue weighted by Gasteiger charge is -2.15. The molecule has 47 heavy (non-hydrogen) atoms. The molecule has 222 valence electrons. The minimum atomic E-state index is 0.0985. The predicted molar refractivity (Wildman–Crippen MR) is 198 cm³/mol. The van der Waals surface area contributed by atoms with Gasteiger partial charge in [-0.2, -0.15) is 0 Å². The van der Waals surface area contributed by atoms with Gasteiger partial charge in [0.2, 0.25) is 0 Å². The van der Waals surface area contributed by atoms with Gasteiger partial charge in [0.15, 0.2) is 0 Å². The van der Waals surface area contributed by atoms with Crippen molar-refractivity contribution in [2.24, 2.45) is 4.99 Å². The number of hydrogen-bond acceptors (Lipinski definition) is 2. The molecule has 7 aromatic carbocycles. The molecule has 0 radical (unpaired) electrons. The van der Waals surface area contributed by atoms with Crippen LogP contribution in [0.1, 0.15) is 33.7 Å². The number of fused-ring (bicyclic) bond motifs is 5. The SMILES string of the molecule is Nc1ccc(-c2cccc3c2-c2cc(-c4cccc(C5=CC(c6ccccc6)C(c6ccccc6)=N5)c4)c4ccccc4c2C3)cc1. The quantitative estimate of drug-likeness (QED) is 0.196. The highest BCUT2D eigenvalue weighted by molar-refractivity contribution is 6.12. The van der Waals surface area contributed by atoms with Crippen LogP contribution in [0, 0.1) is 0 Å². The summed E-state index contributed by atoms with van der Waals surface area (Å²) in [6.45, 7) is 0. The molecular formula is C45H32N2. The van der Waals surface area contributed by atoms with Crippen molar-refractivity contribution in [3.8, 4) is 33.4 Å². The van der Waals surface area contributed by atoms with Gasteiger partial charge in [0.1, 0.15) is 0 Å². The molecule has 9 rings (SSSR count). The fourth-order valence-electron chi connectivity index (χ4n) is 7.49. The Labute approximate surface area is 275 Å². The Morgan fingerprint density at radius 2 is 1.19 bits per heavy atom. The van der Waals surface area contributed by atoms with Gasteiger partial charge in [-0.25, -0.2) is 0 Å². The second-order valence-electron chi connectivity index (χ2n) is 12.5. The number of aliphatic imine (C=N–C) groups is 1. The molecule has 1 aliphatic heterocycles. The summed E-state index contributed by atoms with van der Waals surface area (Å²) in [5, 5.41) is 2.60. The third kappa shape index (κ3) is 4.69. The molecule has 0 saturated heterocycles. The summed E-state index contributed by atoms with van der Waals surface area (Å²) in [7, 11) is 0. The van der Waals surface area contributed by atoms with E-state index in [1.807, 2.05) is 12.1 Å². The lowest BCUT2D eigenvalue weighted by molar-refractivity contribution is 1.17. The topological polar surface area (TPSA) is 38.4 Å². The number of hydrogen-bond donors (Lipinski definition) is 1. The van der Waals surface area contributed by atoms with Gasteiger partial charge < -0.3 is 5.73 Å². The Hall–Kier alpha value is -5.99. The van der Waals surface area contributed by atoms with E-state index in [4.69, 9.17) is 10.7 Å². The first-order valence-electron chi connectivity index (χ1n) is 16.3. The first kappa shape index (κ1) is 27.3. The van der Waals surface area contributed by atoms with E-state index < -0.39 is 0 Å². The van der Waals surface area contributed by atoms with Crippen LogP contribution in [0.25, 0.3) is 49.9 Å². The highest BCUT2D eigenvalue weighted by Gasteiger charge is 2.27. The van der Waals surface area contributed by atoms with Crippen molar-refractivity contribution in [3.05, 3.63) is 192 Å². The zero-order valence-corrected chi connectivity index (χ0v) is 25.9. The van der Waals surface area contributed by atoms with Crippen molar-refractivity contribution in [2.75, 3.05) is 5.73 Å². The summed E-state index contributed by atoms with van der Waals surface area (Å²) in [5.41, 5.74) is 22.8. The number of nitrogen functional groups attached to an aromatic ring is 1. The van der Waals surface area contributed by atoms with Crippen LogP contribution in [0.3, 0.4) is 0 Å². The van der Waals surface area contributed by atoms with E-state index in [2.05, 4.69) is 152 Å². The summed E-state index contributed by atoms with van der Waals surface area (Å²) in [6, 6.07) is 56.5. The molecule has 0 amide bonds. The fourth-order valence-corrected chi connectivity index (χ4v) is 7.49. The van der Waals surface area contributed by atoms with Gasteiger partial charge >= 0.3 is 0 Å². The maximum Gasteiger partial charge on any atom is 0.0676 e. The van der Waals surface area contributed by atoms with Crippen LogP contribution >= 0.6 is 0 Å². The largest absolute Gasteiger partial charge is 0.399 e. The molecule has 1 aliphatic carbocycles. The molecule has 0 aromatic heterocycles. The number of anilines is 1. The third-order valence-electron chi connectivity index (χ3n) is 9.72. The second kappa shape index (κ2) is 11.1. The summed E-state index contributed by atoms with van der Waals surface area (Å²) in [5.74, 6) is 0.0985. The Morgan fingerprint density at radius 3 is 2.00 bits per heavy atom. The van der Waals surface area contributed by atoms with Crippen LogP contribution in [-0.4, -0.2) is 5.71 Å². The monoisotopic (exact) mass is 600 g/mol. The first-order valence-corrected chi connectivity index (χ1v) is 16.3. The standard InChI is InChI=1S/C45H32N2/c46-35-23-21-30(22-24-35)36-20-10-17-34-26-41-38-19-8-7-18-37(38)39(27-42(41)44(34)36)32-15-9-16-33(25-32)43-28-40(29-11-3-1-4-12-29)45(47-43)31-13-5-2-6-14-31/h1-25,27-28,40H,26,46H2. The highest BCUT2D eigenvalue weighted by Crippen LogP contribution is 2.48. The predicted octanol–water partition coefficient (Wildman–Crippen LogP) is 11.0. The summed E-state index contributed by atoms with van der Waals surface area (Å²) in [6.07, 6.45) is 3.26. The fraction of sp³-hybridized carbons (Fsp3) is 0.0444. The van der Waals surface area contributed by atoms with Crippen molar-refractivity contribution in [3.63, 3.8) is 0 Å². The maximum atomic E-state index is 6.06. The van der Waals surface area contributed by atoms with Crippen molar-refractivity contribution in [2.45, 2.75) is 12.3 Å². The molecule has 2 N–H and O–H groups in total. The average molecular weight is 601 g/mol. The molecule has 0 bridgehead atoms. The first-order chi connectivity index (χ1) is 23.2. The highest BCUT2D eigenvalue weighted by atomic mass is 14.8. The minimum Gasteiger partial charge on any atom is -0.399 e. The number of allylic oxidation sites excluding steroid dienone is 1. The Kier molecular flexibility index (Phi) is 6.46. The Bertz CT molecular complexity index is 2360. The maximum absolute atomic E-state index is 6.06. The smallest absolute Gasteiger partial charge is 0.0676 e. The minimum absolute atomic E-state index is 0.0985. The average Bonchev–Trinajstić information content (AvgIpc) is 3.76. The molecule has 0 spiro atoms. The van der Waals surface area contributed by atoms with Crippen LogP contribution in [0.15, 0.2) is 169 Å². The normalized spacial score (nSPS) is 14.9. The number of rotatable bonds is 5. The molecule has 7 aromatic rings. The number of nitrogens with zero attached hydrogens (tertiary/aromatic N) is 1. The van der Waals surface area contributed by atoms with E-state index in [1.54, 1.807) is 0 Å². The van der Waals surface area contributed by atoms with Gasteiger partial charge in [-0.3, -0.25) is 4.99 Å². The van der Waals surface area contributed by atoms with E-state index in [-0.39, 0.29) is 5.92 Å². The molecule has 1 atom stereocenters. The zero-order chi connectivity index (χ0) is 31.3. The summed E-state index contributed by atoms with van der Waals surface area (Å²) < 4.78 is 0. The van der Waals surface area contributed by atoms with E-state index >= 15 is 0 Å². The van der Waals surface area contributed by atoms with E-state index in [1.165, 1.54) is 60.8 Å². The van der Waals surface area contributed by atoms with Crippen LogP contribution in [-0.2, 0) is 6.42 Å². The lowest BCUT2D eigenvalue weighted by Crippen LogP contribution is -2.08. The van der Waals surface area contributed by atoms with Crippen LogP contribution in [0.5, 0.6) is 0 Å². The van der Waals surface area contributed by atoms with Crippen molar-refractivity contribution >= 4 is 27.9 Å². The molecule has 0 fully saturated rings. The molecule has 1 unspecified atom stereocenters. The lowest BCUT2D eigenvalue weighted by atomic mass is 9.88. The van der Waals surface area contributed by atoms with Gasteiger partial charge in [0.25, 0.3) is 0 Å². The molecule has 1 heterocycles. The third-order valence-corrected chi connectivity index (χ3v) is 9.72. The van der Waals surface area contributed by atoms with Crippen LogP contribution in [0.2, 0.25) is 0 Å². The van der Waals surface area contributed by atoms with Crippen molar-refractivity contribution in [1.29, 1.82) is 0 Å². The number of benzene rings is 7.